The van der Waals surface area contributed by atoms with E-state index in [1.807, 2.05) is 27.7 Å². The van der Waals surface area contributed by atoms with Crippen LogP contribution in [-0.2, 0) is 15.9 Å². The fourth-order valence-electron chi connectivity index (χ4n) is 2.87. The van der Waals surface area contributed by atoms with Crippen molar-refractivity contribution in [3.63, 3.8) is 0 Å². The molecule has 118 valence electrons. The molecule has 0 bridgehead atoms. The molecular weight excluding hydrogens is 268 g/mol. The van der Waals surface area contributed by atoms with Gasteiger partial charge in [0.2, 0.25) is 0 Å². The molecule has 1 aromatic carbocycles. The van der Waals surface area contributed by atoms with E-state index >= 15 is 0 Å². The Balaban J connectivity index is 2.44. The van der Waals surface area contributed by atoms with Crippen LogP contribution in [0.1, 0.15) is 43.0 Å². The van der Waals surface area contributed by atoms with Crippen molar-refractivity contribution in [2.24, 2.45) is 5.41 Å². The molecule has 1 aliphatic rings. The number of aromatic hydroxyl groups is 2. The highest BCUT2D eigenvalue weighted by atomic mass is 16.7. The van der Waals surface area contributed by atoms with Crippen LogP contribution in [0.5, 0.6) is 11.5 Å². The molecule has 2 rings (SSSR count). The van der Waals surface area contributed by atoms with Crippen molar-refractivity contribution in [2.75, 3.05) is 13.4 Å². The van der Waals surface area contributed by atoms with Crippen LogP contribution >= 0.6 is 0 Å². The van der Waals surface area contributed by atoms with Crippen molar-refractivity contribution in [3.8, 4) is 11.5 Å². The summed E-state index contributed by atoms with van der Waals surface area (Å²) in [7, 11) is 0. The zero-order valence-corrected chi connectivity index (χ0v) is 13.8. The number of benzene rings is 1. The first-order chi connectivity index (χ1) is 9.61. The minimum absolute atomic E-state index is 0.236. The van der Waals surface area contributed by atoms with Gasteiger partial charge in [-0.3, -0.25) is 0 Å². The van der Waals surface area contributed by atoms with Gasteiger partial charge in [0, 0.05) is 11.0 Å². The monoisotopic (exact) mass is 294 g/mol. The zero-order chi connectivity index (χ0) is 16.0. The van der Waals surface area contributed by atoms with Gasteiger partial charge in [-0.2, -0.15) is 0 Å². The van der Waals surface area contributed by atoms with Crippen LogP contribution in [0.2, 0.25) is 0 Å². The maximum atomic E-state index is 10.5. The van der Waals surface area contributed by atoms with Crippen LogP contribution in [0.15, 0.2) is 0 Å². The Labute approximate surface area is 126 Å². The highest BCUT2D eigenvalue weighted by Gasteiger charge is 2.46. The summed E-state index contributed by atoms with van der Waals surface area (Å²) in [4.78, 5) is 0. The largest absolute Gasteiger partial charge is 0.507 e. The Morgan fingerprint density at radius 2 is 1.62 bits per heavy atom. The summed E-state index contributed by atoms with van der Waals surface area (Å²) in [5.41, 5.74) is 2.36. The predicted molar refractivity (Wildman–Crippen MR) is 81.8 cm³/mol. The summed E-state index contributed by atoms with van der Waals surface area (Å²) in [5, 5.41) is 20.7. The summed E-state index contributed by atoms with van der Waals surface area (Å²) < 4.78 is 11.2. The van der Waals surface area contributed by atoms with E-state index in [2.05, 4.69) is 13.8 Å². The van der Waals surface area contributed by atoms with E-state index in [4.69, 9.17) is 9.47 Å². The SMILES string of the molecule is Cc1c(C)c(O)c(CC(C)(C)C2(C)COCO2)c(C)c1O. The Morgan fingerprint density at radius 3 is 2.14 bits per heavy atom. The molecule has 0 aliphatic carbocycles. The first kappa shape index (κ1) is 16.1. The lowest BCUT2D eigenvalue weighted by Gasteiger charge is -2.40. The topological polar surface area (TPSA) is 58.9 Å². The standard InChI is InChI=1S/C17H26O4/c1-10-11(2)15(19)13(12(3)14(10)18)7-16(4,5)17(6)8-20-9-21-17/h18-19H,7-9H2,1-6H3. The van der Waals surface area contributed by atoms with Crippen molar-refractivity contribution in [2.45, 2.75) is 53.6 Å². The second kappa shape index (κ2) is 5.18. The quantitative estimate of drug-likeness (QED) is 0.839. The maximum absolute atomic E-state index is 10.5. The Morgan fingerprint density at radius 1 is 1.05 bits per heavy atom. The maximum Gasteiger partial charge on any atom is 0.147 e. The van der Waals surface area contributed by atoms with E-state index < -0.39 is 5.60 Å². The molecule has 21 heavy (non-hydrogen) atoms. The lowest BCUT2D eigenvalue weighted by molar-refractivity contribution is -0.0689. The average Bonchev–Trinajstić information content (AvgIpc) is 2.88. The number of hydrogen-bond donors (Lipinski definition) is 2. The third kappa shape index (κ3) is 2.51. The molecule has 1 aromatic rings. The minimum Gasteiger partial charge on any atom is -0.507 e. The van der Waals surface area contributed by atoms with Gasteiger partial charge < -0.3 is 19.7 Å². The molecular formula is C17H26O4. The normalized spacial score (nSPS) is 22.8. The van der Waals surface area contributed by atoms with Gasteiger partial charge in [-0.15, -0.1) is 0 Å². The van der Waals surface area contributed by atoms with Gasteiger partial charge in [0.1, 0.15) is 18.3 Å². The molecule has 0 spiro atoms. The molecule has 0 aromatic heterocycles. The number of hydrogen-bond acceptors (Lipinski definition) is 4. The molecule has 1 saturated heterocycles. The lowest BCUT2D eigenvalue weighted by Crippen LogP contribution is -2.45. The van der Waals surface area contributed by atoms with Gasteiger partial charge in [0.15, 0.2) is 0 Å². The van der Waals surface area contributed by atoms with Crippen molar-refractivity contribution >= 4 is 0 Å². The van der Waals surface area contributed by atoms with Crippen LogP contribution in [-0.4, -0.2) is 29.2 Å². The third-order valence-corrected chi connectivity index (χ3v) is 5.26. The number of phenols is 2. The van der Waals surface area contributed by atoms with E-state index in [-0.39, 0.29) is 16.9 Å². The number of rotatable bonds is 3. The van der Waals surface area contributed by atoms with Gasteiger partial charge in [0.25, 0.3) is 0 Å². The number of ether oxygens (including phenoxy) is 2. The van der Waals surface area contributed by atoms with Crippen molar-refractivity contribution in [1.82, 2.24) is 0 Å². The second-order valence-corrected chi connectivity index (χ2v) is 6.95. The fraction of sp³-hybridized carbons (Fsp3) is 0.647. The molecule has 4 heteroatoms. The molecule has 0 radical (unpaired) electrons. The Hall–Kier alpha value is -1.26. The summed E-state index contributed by atoms with van der Waals surface area (Å²) in [5.74, 6) is 0.545. The van der Waals surface area contributed by atoms with E-state index in [0.29, 0.717) is 19.8 Å². The van der Waals surface area contributed by atoms with Crippen LogP contribution in [0, 0.1) is 26.2 Å². The van der Waals surface area contributed by atoms with Crippen LogP contribution in [0.25, 0.3) is 0 Å². The summed E-state index contributed by atoms with van der Waals surface area (Å²) in [6, 6.07) is 0. The molecule has 2 N–H and O–H groups in total. The summed E-state index contributed by atoms with van der Waals surface area (Å²) >= 11 is 0. The predicted octanol–water partition coefficient (Wildman–Crippen LogP) is 3.35. The molecule has 1 fully saturated rings. The summed E-state index contributed by atoms with van der Waals surface area (Å²) in [6.45, 7) is 12.6. The van der Waals surface area contributed by atoms with E-state index in [1.54, 1.807) is 0 Å². The third-order valence-electron chi connectivity index (χ3n) is 5.26. The number of phenolic OH excluding ortho intramolecular Hbond substituents is 2. The molecule has 0 saturated carbocycles. The van der Waals surface area contributed by atoms with Crippen molar-refractivity contribution in [1.29, 1.82) is 0 Å². The van der Waals surface area contributed by atoms with Crippen LogP contribution in [0.4, 0.5) is 0 Å². The zero-order valence-electron chi connectivity index (χ0n) is 13.8. The van der Waals surface area contributed by atoms with Crippen LogP contribution in [0.3, 0.4) is 0 Å². The van der Waals surface area contributed by atoms with Gasteiger partial charge in [-0.25, -0.2) is 0 Å². The Bertz CT molecular complexity index is 525. The molecule has 1 aliphatic heterocycles. The van der Waals surface area contributed by atoms with Gasteiger partial charge in [-0.1, -0.05) is 13.8 Å². The highest BCUT2D eigenvalue weighted by Crippen LogP contribution is 2.45. The van der Waals surface area contributed by atoms with Crippen molar-refractivity contribution in [3.05, 3.63) is 22.3 Å². The van der Waals surface area contributed by atoms with E-state index in [0.717, 1.165) is 22.3 Å². The van der Waals surface area contributed by atoms with E-state index in [1.165, 1.54) is 0 Å². The van der Waals surface area contributed by atoms with E-state index in [9.17, 15) is 10.2 Å². The van der Waals surface area contributed by atoms with Gasteiger partial charge >= 0.3 is 0 Å². The smallest absolute Gasteiger partial charge is 0.147 e. The van der Waals surface area contributed by atoms with Gasteiger partial charge in [-0.05, 0) is 50.8 Å². The highest BCUT2D eigenvalue weighted by molar-refractivity contribution is 5.57. The fourth-order valence-corrected chi connectivity index (χ4v) is 2.87. The second-order valence-electron chi connectivity index (χ2n) is 6.95. The molecule has 1 heterocycles. The van der Waals surface area contributed by atoms with Crippen LogP contribution < -0.4 is 0 Å². The van der Waals surface area contributed by atoms with Crippen molar-refractivity contribution < 1.29 is 19.7 Å². The first-order valence-electron chi connectivity index (χ1n) is 7.33. The molecule has 0 amide bonds. The summed E-state index contributed by atoms with van der Waals surface area (Å²) in [6.07, 6.45) is 0.610. The molecule has 1 unspecified atom stereocenters. The molecule has 1 atom stereocenters. The Kier molecular flexibility index (Phi) is 3.98. The lowest BCUT2D eigenvalue weighted by atomic mass is 9.71. The minimum atomic E-state index is -0.402. The van der Waals surface area contributed by atoms with Gasteiger partial charge in [0.05, 0.1) is 12.2 Å². The molecule has 4 nitrogen and oxygen atoms in total. The average molecular weight is 294 g/mol. The first-order valence-corrected chi connectivity index (χ1v) is 7.33.